The second-order valence-corrected chi connectivity index (χ2v) is 8.26. The lowest BCUT2D eigenvalue weighted by Crippen LogP contribution is -2.41. The minimum Gasteiger partial charge on any atom is -0.286 e. The largest absolute Gasteiger partial charge is 0.286 e. The van der Waals surface area contributed by atoms with Crippen LogP contribution < -0.4 is 0 Å². The maximum atomic E-state index is 4.80. The van der Waals surface area contributed by atoms with Crippen molar-refractivity contribution in [2.75, 3.05) is 27.7 Å². The first-order valence-electron chi connectivity index (χ1n) is 10.9. The molecule has 0 N–H and O–H groups in total. The van der Waals surface area contributed by atoms with Gasteiger partial charge in [0.05, 0.1) is 21.1 Å². The molecule has 2 heteroatoms. The Morgan fingerprint density at radius 2 is 0.958 bits per heavy atom. The smallest absolute Gasteiger partial charge is 0.197 e. The number of hydrogen-bond donors (Lipinski definition) is 0. The van der Waals surface area contributed by atoms with E-state index in [1.54, 1.807) is 0 Å². The first-order chi connectivity index (χ1) is 11.5. The van der Waals surface area contributed by atoms with Crippen LogP contribution in [-0.4, -0.2) is 38.0 Å². The van der Waals surface area contributed by atoms with Crippen LogP contribution in [0, 0.1) is 0 Å². The van der Waals surface area contributed by atoms with E-state index in [2.05, 4.69) is 35.0 Å². The summed E-state index contributed by atoms with van der Waals surface area (Å²) < 4.78 is 0.884. The lowest BCUT2D eigenvalue weighted by Gasteiger charge is -2.24. The van der Waals surface area contributed by atoms with Gasteiger partial charge in [0.1, 0.15) is 0 Å². The summed E-state index contributed by atoms with van der Waals surface area (Å²) in [5.41, 5.74) is 0. The van der Waals surface area contributed by atoms with Gasteiger partial charge in [-0.25, -0.2) is 4.99 Å². The summed E-state index contributed by atoms with van der Waals surface area (Å²) in [5, 5.41) is 0. The van der Waals surface area contributed by atoms with Crippen LogP contribution >= 0.6 is 0 Å². The van der Waals surface area contributed by atoms with Crippen LogP contribution in [0.15, 0.2) is 4.99 Å². The minimum atomic E-state index is 0.884. The van der Waals surface area contributed by atoms with Gasteiger partial charge in [-0.3, -0.25) is 4.48 Å². The van der Waals surface area contributed by atoms with Gasteiger partial charge < -0.3 is 0 Å². The zero-order chi connectivity index (χ0) is 18.1. The third-order valence-electron chi connectivity index (χ3n) is 4.90. The molecule has 0 amide bonds. The first-order valence-corrected chi connectivity index (χ1v) is 10.9. The molecule has 0 spiro atoms. The van der Waals surface area contributed by atoms with Crippen molar-refractivity contribution in [3.8, 4) is 0 Å². The van der Waals surface area contributed by atoms with Gasteiger partial charge in [0.15, 0.2) is 5.84 Å². The van der Waals surface area contributed by atoms with E-state index < -0.39 is 0 Å². The predicted molar refractivity (Wildman–Crippen MR) is 111 cm³/mol. The van der Waals surface area contributed by atoms with Gasteiger partial charge in [-0.05, 0) is 6.42 Å². The lowest BCUT2D eigenvalue weighted by molar-refractivity contribution is -0.778. The number of quaternary nitrogens is 1. The van der Waals surface area contributed by atoms with Crippen molar-refractivity contribution >= 4 is 5.84 Å². The summed E-state index contributed by atoms with van der Waals surface area (Å²) in [6.07, 6.45) is 21.0. The summed E-state index contributed by atoms with van der Waals surface area (Å²) in [6.45, 7) is 5.53. The molecule has 0 aromatic heterocycles. The monoisotopic (exact) mass is 339 g/mol. The standard InChI is InChI=1S/C22H47N2/c1-6-8-9-10-11-12-13-14-15-16-17-18-19-20-21-23-22(7-2)24(3,4)5/h6-21H2,1-5H3/q+1. The Morgan fingerprint density at radius 3 is 1.29 bits per heavy atom. The molecule has 0 heterocycles. The van der Waals surface area contributed by atoms with Crippen LogP contribution in [0.5, 0.6) is 0 Å². The molecule has 0 atom stereocenters. The van der Waals surface area contributed by atoms with E-state index in [0.717, 1.165) is 17.4 Å². The van der Waals surface area contributed by atoms with Gasteiger partial charge in [0.2, 0.25) is 0 Å². The van der Waals surface area contributed by atoms with E-state index in [9.17, 15) is 0 Å². The molecular weight excluding hydrogens is 292 g/mol. The van der Waals surface area contributed by atoms with Crippen LogP contribution in [0.1, 0.15) is 110 Å². The van der Waals surface area contributed by atoms with Crippen LogP contribution in [0.25, 0.3) is 0 Å². The summed E-state index contributed by atoms with van der Waals surface area (Å²) in [4.78, 5) is 4.80. The molecule has 144 valence electrons. The molecule has 0 radical (unpaired) electrons. The highest BCUT2D eigenvalue weighted by molar-refractivity contribution is 5.74. The molecule has 0 aromatic carbocycles. The second-order valence-electron chi connectivity index (χ2n) is 8.26. The summed E-state index contributed by atoms with van der Waals surface area (Å²) in [5.74, 6) is 1.32. The summed E-state index contributed by atoms with van der Waals surface area (Å²) in [7, 11) is 6.65. The van der Waals surface area contributed by atoms with E-state index in [4.69, 9.17) is 4.99 Å². The molecule has 0 aliphatic rings. The fourth-order valence-electron chi connectivity index (χ4n) is 3.31. The highest BCUT2D eigenvalue weighted by Gasteiger charge is 2.14. The fraction of sp³-hybridized carbons (Fsp3) is 0.955. The van der Waals surface area contributed by atoms with Gasteiger partial charge in [-0.1, -0.05) is 97.3 Å². The van der Waals surface area contributed by atoms with Gasteiger partial charge in [-0.15, -0.1) is 0 Å². The predicted octanol–water partition coefficient (Wildman–Crippen LogP) is 6.98. The Hall–Kier alpha value is -0.370. The topological polar surface area (TPSA) is 12.4 Å². The van der Waals surface area contributed by atoms with E-state index in [1.807, 2.05) is 0 Å². The van der Waals surface area contributed by atoms with Crippen LogP contribution in [0.4, 0.5) is 0 Å². The van der Waals surface area contributed by atoms with Gasteiger partial charge in [0.25, 0.3) is 0 Å². The van der Waals surface area contributed by atoms with Gasteiger partial charge >= 0.3 is 0 Å². The Labute approximate surface area is 153 Å². The molecule has 2 nitrogen and oxygen atoms in total. The normalized spacial score (nSPS) is 12.8. The molecule has 0 fully saturated rings. The first kappa shape index (κ1) is 23.6. The fourth-order valence-corrected chi connectivity index (χ4v) is 3.31. The SMILES string of the molecule is CCCCCCCCCCCCCCCCN=C(CC)[N+](C)(C)C. The molecule has 0 saturated heterocycles. The van der Waals surface area contributed by atoms with Crippen molar-refractivity contribution < 1.29 is 4.48 Å². The number of unbranched alkanes of at least 4 members (excludes halogenated alkanes) is 13. The maximum absolute atomic E-state index is 4.80. The van der Waals surface area contributed by atoms with Crippen molar-refractivity contribution in [1.29, 1.82) is 0 Å². The summed E-state index contributed by atoms with van der Waals surface area (Å²) in [6, 6.07) is 0. The van der Waals surface area contributed by atoms with Gasteiger partial charge in [-0.2, -0.15) is 0 Å². The maximum Gasteiger partial charge on any atom is 0.197 e. The zero-order valence-electron chi connectivity index (χ0n) is 17.7. The van der Waals surface area contributed by atoms with Crippen molar-refractivity contribution in [2.24, 2.45) is 4.99 Å². The number of hydrogen-bond acceptors (Lipinski definition) is 1. The third-order valence-corrected chi connectivity index (χ3v) is 4.90. The highest BCUT2D eigenvalue weighted by Crippen LogP contribution is 2.13. The molecule has 0 aromatic rings. The van der Waals surface area contributed by atoms with Gasteiger partial charge in [0, 0.05) is 13.0 Å². The number of amidine groups is 1. The zero-order valence-corrected chi connectivity index (χ0v) is 17.7. The van der Waals surface area contributed by atoms with Crippen molar-refractivity contribution in [1.82, 2.24) is 0 Å². The quantitative estimate of drug-likeness (QED) is 0.124. The number of nitrogens with zero attached hydrogens (tertiary/aromatic N) is 2. The molecular formula is C22H47N2+. The molecule has 0 aliphatic heterocycles. The lowest BCUT2D eigenvalue weighted by atomic mass is 10.0. The van der Waals surface area contributed by atoms with E-state index in [-0.39, 0.29) is 0 Å². The van der Waals surface area contributed by atoms with Crippen LogP contribution in [0.3, 0.4) is 0 Å². The molecule has 24 heavy (non-hydrogen) atoms. The van der Waals surface area contributed by atoms with Crippen LogP contribution in [-0.2, 0) is 0 Å². The average Bonchev–Trinajstić information content (AvgIpc) is 2.53. The van der Waals surface area contributed by atoms with E-state index >= 15 is 0 Å². The van der Waals surface area contributed by atoms with Crippen molar-refractivity contribution in [3.63, 3.8) is 0 Å². The Kier molecular flexibility index (Phi) is 15.9. The van der Waals surface area contributed by atoms with Crippen LogP contribution in [0.2, 0.25) is 0 Å². The van der Waals surface area contributed by atoms with Crippen molar-refractivity contribution in [3.05, 3.63) is 0 Å². The van der Waals surface area contributed by atoms with Crippen molar-refractivity contribution in [2.45, 2.75) is 110 Å². The molecule has 0 rings (SSSR count). The number of rotatable bonds is 16. The Bertz CT molecular complexity index is 289. The Balaban J connectivity index is 3.30. The Morgan fingerprint density at radius 1 is 0.583 bits per heavy atom. The average molecular weight is 340 g/mol. The van der Waals surface area contributed by atoms with E-state index in [0.29, 0.717) is 0 Å². The number of aliphatic imine (C=N–C) groups is 1. The molecule has 0 saturated carbocycles. The minimum absolute atomic E-state index is 0.884. The molecule has 0 bridgehead atoms. The highest BCUT2D eigenvalue weighted by atomic mass is 15.3. The second kappa shape index (κ2) is 16.1. The molecule has 0 aliphatic carbocycles. The van der Waals surface area contributed by atoms with E-state index in [1.165, 1.54) is 95.7 Å². The molecule has 0 unspecified atom stereocenters. The third kappa shape index (κ3) is 15.2. The summed E-state index contributed by atoms with van der Waals surface area (Å²) >= 11 is 0.